The van der Waals surface area contributed by atoms with Gasteiger partial charge in [-0.15, -0.1) is 0 Å². The van der Waals surface area contributed by atoms with Crippen LogP contribution in [0.15, 0.2) is 30.6 Å². The van der Waals surface area contributed by atoms with E-state index in [0.29, 0.717) is 0 Å². The maximum Gasteiger partial charge on any atom is 0.0706 e. The Balaban J connectivity index is 1.65. The first-order chi connectivity index (χ1) is 7.84. The van der Waals surface area contributed by atoms with Crippen molar-refractivity contribution in [1.29, 1.82) is 0 Å². The number of nitrogens with one attached hydrogen (secondary N) is 1. The maximum atomic E-state index is 4.32. The summed E-state index contributed by atoms with van der Waals surface area (Å²) in [5.41, 5.74) is 2.49. The number of nitrogens with zero attached hydrogens (tertiary/aromatic N) is 2. The lowest BCUT2D eigenvalue weighted by Gasteiger charge is -2.02. The van der Waals surface area contributed by atoms with Gasteiger partial charge in [0.15, 0.2) is 0 Å². The number of hydrogen-bond acceptors (Lipinski definition) is 2. The second-order valence-corrected chi connectivity index (χ2v) is 4.80. The van der Waals surface area contributed by atoms with Gasteiger partial charge >= 0.3 is 0 Å². The molecule has 84 valence electrons. The SMILES string of the molecule is CC1CC1CNCc1cnn2ccccc12. The molecule has 2 atom stereocenters. The van der Waals surface area contributed by atoms with Gasteiger partial charge in [0.1, 0.15) is 0 Å². The van der Waals surface area contributed by atoms with Crippen molar-refractivity contribution >= 4 is 5.52 Å². The predicted molar refractivity (Wildman–Crippen MR) is 64.2 cm³/mol. The van der Waals surface area contributed by atoms with E-state index >= 15 is 0 Å². The lowest BCUT2D eigenvalue weighted by molar-refractivity contribution is 0.613. The molecule has 1 aliphatic carbocycles. The molecule has 3 nitrogen and oxygen atoms in total. The van der Waals surface area contributed by atoms with E-state index in [4.69, 9.17) is 0 Å². The van der Waals surface area contributed by atoms with Gasteiger partial charge in [0.25, 0.3) is 0 Å². The highest BCUT2D eigenvalue weighted by atomic mass is 15.2. The number of hydrogen-bond donors (Lipinski definition) is 1. The summed E-state index contributed by atoms with van der Waals surface area (Å²) in [6.07, 6.45) is 5.34. The Bertz CT molecular complexity index is 489. The molecule has 0 aliphatic heterocycles. The van der Waals surface area contributed by atoms with Crippen molar-refractivity contribution in [3.05, 3.63) is 36.2 Å². The summed E-state index contributed by atoms with van der Waals surface area (Å²) < 4.78 is 1.93. The van der Waals surface area contributed by atoms with Crippen LogP contribution in [0.25, 0.3) is 5.52 Å². The average Bonchev–Trinajstić information content (AvgIpc) is 2.86. The van der Waals surface area contributed by atoms with Crippen LogP contribution in [0.3, 0.4) is 0 Å². The molecule has 0 amide bonds. The Morgan fingerprint density at radius 2 is 2.38 bits per heavy atom. The summed E-state index contributed by atoms with van der Waals surface area (Å²) in [7, 11) is 0. The zero-order valence-electron chi connectivity index (χ0n) is 9.56. The summed E-state index contributed by atoms with van der Waals surface area (Å²) in [6, 6.07) is 6.18. The minimum Gasteiger partial charge on any atom is -0.312 e. The molecular weight excluding hydrogens is 198 g/mol. The predicted octanol–water partition coefficient (Wildman–Crippen LogP) is 2.08. The van der Waals surface area contributed by atoms with Crippen molar-refractivity contribution in [2.24, 2.45) is 11.8 Å². The lowest BCUT2D eigenvalue weighted by Crippen LogP contribution is -2.16. The van der Waals surface area contributed by atoms with Crippen LogP contribution in [0.1, 0.15) is 18.9 Å². The molecule has 0 radical (unpaired) electrons. The quantitative estimate of drug-likeness (QED) is 0.846. The first-order valence-corrected chi connectivity index (χ1v) is 5.96. The molecule has 1 saturated carbocycles. The number of rotatable bonds is 4. The molecule has 2 aromatic rings. The molecule has 16 heavy (non-hydrogen) atoms. The monoisotopic (exact) mass is 215 g/mol. The van der Waals surface area contributed by atoms with Crippen LogP contribution < -0.4 is 5.32 Å². The minimum absolute atomic E-state index is 0.904. The Morgan fingerprint density at radius 1 is 1.50 bits per heavy atom. The molecule has 1 fully saturated rings. The highest BCUT2D eigenvalue weighted by Gasteiger charge is 2.31. The standard InChI is InChI=1S/C13H17N3/c1-10-6-11(10)7-14-8-12-9-15-16-5-3-2-4-13(12)16/h2-5,9-11,14H,6-8H2,1H3. The molecule has 3 heteroatoms. The molecule has 3 rings (SSSR count). The van der Waals surface area contributed by atoms with Crippen LogP contribution >= 0.6 is 0 Å². The second-order valence-electron chi connectivity index (χ2n) is 4.80. The van der Waals surface area contributed by atoms with Crippen LogP contribution in [0.5, 0.6) is 0 Å². The summed E-state index contributed by atoms with van der Waals surface area (Å²) >= 11 is 0. The van der Waals surface area contributed by atoms with Crippen molar-refractivity contribution in [3.63, 3.8) is 0 Å². The van der Waals surface area contributed by atoms with Crippen molar-refractivity contribution in [3.8, 4) is 0 Å². The number of aromatic nitrogens is 2. The van der Waals surface area contributed by atoms with Crippen LogP contribution in [-0.2, 0) is 6.54 Å². The normalized spacial score (nSPS) is 23.8. The minimum atomic E-state index is 0.904. The largest absolute Gasteiger partial charge is 0.312 e. The summed E-state index contributed by atoms with van der Waals surface area (Å²) in [5.74, 6) is 1.83. The number of fused-ring (bicyclic) bond motifs is 1. The molecule has 2 aromatic heterocycles. The Morgan fingerprint density at radius 3 is 3.19 bits per heavy atom. The summed E-state index contributed by atoms with van der Waals surface area (Å²) in [4.78, 5) is 0. The fourth-order valence-electron chi connectivity index (χ4n) is 2.20. The molecule has 0 spiro atoms. The van der Waals surface area contributed by atoms with Crippen LogP contribution in [-0.4, -0.2) is 16.2 Å². The van der Waals surface area contributed by atoms with Gasteiger partial charge in [-0.3, -0.25) is 0 Å². The summed E-state index contributed by atoms with van der Waals surface area (Å²) in [6.45, 7) is 4.39. The molecule has 0 bridgehead atoms. The molecule has 0 aromatic carbocycles. The summed E-state index contributed by atoms with van der Waals surface area (Å²) in [5, 5.41) is 7.84. The van der Waals surface area contributed by atoms with Crippen molar-refractivity contribution < 1.29 is 0 Å². The van der Waals surface area contributed by atoms with E-state index in [0.717, 1.165) is 24.9 Å². The van der Waals surface area contributed by atoms with Crippen LogP contribution in [0, 0.1) is 11.8 Å². The van der Waals surface area contributed by atoms with Gasteiger partial charge in [-0.2, -0.15) is 5.10 Å². The highest BCUT2D eigenvalue weighted by molar-refractivity contribution is 5.53. The fourth-order valence-corrected chi connectivity index (χ4v) is 2.20. The number of pyridine rings is 1. The van der Waals surface area contributed by atoms with Crippen molar-refractivity contribution in [2.75, 3.05) is 6.54 Å². The van der Waals surface area contributed by atoms with Gasteiger partial charge < -0.3 is 5.32 Å². The van der Waals surface area contributed by atoms with Crippen LogP contribution in [0.4, 0.5) is 0 Å². The Kier molecular flexibility index (Phi) is 2.40. The van der Waals surface area contributed by atoms with Gasteiger partial charge in [0.2, 0.25) is 0 Å². The topological polar surface area (TPSA) is 29.3 Å². The molecule has 1 aliphatic rings. The second kappa shape index (κ2) is 3.91. The van der Waals surface area contributed by atoms with E-state index in [-0.39, 0.29) is 0 Å². The third-order valence-corrected chi connectivity index (χ3v) is 3.50. The highest BCUT2D eigenvalue weighted by Crippen LogP contribution is 2.36. The fraction of sp³-hybridized carbons (Fsp3) is 0.462. The van der Waals surface area contributed by atoms with E-state index in [9.17, 15) is 0 Å². The third-order valence-electron chi connectivity index (χ3n) is 3.50. The maximum absolute atomic E-state index is 4.32. The average molecular weight is 215 g/mol. The van der Waals surface area contributed by atoms with Gasteiger partial charge in [-0.25, -0.2) is 4.52 Å². The van der Waals surface area contributed by atoms with E-state index in [1.807, 2.05) is 23.0 Å². The molecule has 1 N–H and O–H groups in total. The third kappa shape index (κ3) is 1.83. The van der Waals surface area contributed by atoms with Gasteiger partial charge in [0, 0.05) is 18.3 Å². The smallest absolute Gasteiger partial charge is 0.0706 e. The van der Waals surface area contributed by atoms with E-state index < -0.39 is 0 Å². The van der Waals surface area contributed by atoms with Crippen molar-refractivity contribution in [2.45, 2.75) is 19.9 Å². The Hall–Kier alpha value is -1.35. The van der Waals surface area contributed by atoms with E-state index in [1.54, 1.807) is 0 Å². The van der Waals surface area contributed by atoms with Gasteiger partial charge in [-0.05, 0) is 36.9 Å². The first kappa shape index (κ1) is 9.85. The first-order valence-electron chi connectivity index (χ1n) is 5.96. The molecule has 2 unspecified atom stereocenters. The van der Waals surface area contributed by atoms with Gasteiger partial charge in [0.05, 0.1) is 11.7 Å². The lowest BCUT2D eigenvalue weighted by atomic mass is 10.2. The zero-order valence-corrected chi connectivity index (χ0v) is 9.56. The van der Waals surface area contributed by atoms with Gasteiger partial charge in [-0.1, -0.05) is 13.0 Å². The van der Waals surface area contributed by atoms with E-state index in [1.165, 1.54) is 17.5 Å². The molecular formula is C13H17N3. The zero-order chi connectivity index (χ0) is 11.0. The Labute approximate surface area is 95.5 Å². The van der Waals surface area contributed by atoms with Crippen LogP contribution in [0.2, 0.25) is 0 Å². The molecule has 2 heterocycles. The molecule has 0 saturated heterocycles. The van der Waals surface area contributed by atoms with Crippen molar-refractivity contribution in [1.82, 2.24) is 14.9 Å². The van der Waals surface area contributed by atoms with E-state index in [2.05, 4.69) is 29.5 Å².